The Kier molecular flexibility index (Phi) is 8.37. The molecule has 2 aromatic rings. The number of carbonyl (C=O) groups excluding carboxylic acids is 2. The van der Waals surface area contributed by atoms with Crippen LogP contribution >= 0.6 is 0 Å². The van der Waals surface area contributed by atoms with E-state index >= 15 is 0 Å². The summed E-state index contributed by atoms with van der Waals surface area (Å²) < 4.78 is 8.19. The molecule has 2 saturated carbocycles. The third kappa shape index (κ3) is 4.60. The summed E-state index contributed by atoms with van der Waals surface area (Å²) >= 11 is -0.844. The molecule has 0 aromatic heterocycles. The van der Waals surface area contributed by atoms with Crippen molar-refractivity contribution in [1.82, 2.24) is 5.32 Å². The Morgan fingerprint density at radius 1 is 0.884 bits per heavy atom. The Hall–Kier alpha value is -2.00. The van der Waals surface area contributed by atoms with Crippen molar-refractivity contribution in [1.29, 1.82) is 0 Å². The number of fused-ring (bicyclic) bond motifs is 6. The SMILES string of the molecule is O.[CH3][Po][O]c1ccc2c(c1)[C@@]1(C)CCC[C@](C)(C(=O)NC(=O)[C@@]3(C)CCC[C@]4(C)c5cc(N)ccc5CC[C@@H]34)[C@]1(N)CC2. The van der Waals surface area contributed by atoms with Crippen LogP contribution < -0.4 is 19.6 Å². The maximum absolute atomic E-state index is 14.4. The Labute approximate surface area is 269 Å². The van der Waals surface area contributed by atoms with Gasteiger partial charge in [0.1, 0.15) is 0 Å². The molecule has 6 rings (SSSR count). The van der Waals surface area contributed by atoms with E-state index in [1.807, 2.05) is 13.0 Å². The van der Waals surface area contributed by atoms with Gasteiger partial charge in [-0.25, -0.2) is 0 Å². The minimum atomic E-state index is -0.868. The van der Waals surface area contributed by atoms with Gasteiger partial charge in [0.15, 0.2) is 0 Å². The molecule has 2 aromatic carbocycles. The summed E-state index contributed by atoms with van der Waals surface area (Å²) in [6.07, 6.45) is 8.64. The molecule has 0 aliphatic heterocycles. The minimum absolute atomic E-state index is 0. The van der Waals surface area contributed by atoms with Crippen molar-refractivity contribution in [2.45, 2.75) is 113 Å². The van der Waals surface area contributed by atoms with Crippen LogP contribution in [0.1, 0.15) is 101 Å². The molecule has 0 bridgehead atoms. The quantitative estimate of drug-likeness (QED) is 0.298. The fourth-order valence-corrected chi connectivity index (χ4v) is 11.1. The van der Waals surface area contributed by atoms with Gasteiger partial charge >= 0.3 is 186 Å². The molecule has 6 atom stereocenters. The van der Waals surface area contributed by atoms with Gasteiger partial charge in [0, 0.05) is 5.69 Å². The zero-order valence-corrected chi connectivity index (χ0v) is 29.6. The van der Waals surface area contributed by atoms with E-state index in [2.05, 4.69) is 61.0 Å². The first kappa shape index (κ1) is 32.4. The molecule has 0 radical (unpaired) electrons. The van der Waals surface area contributed by atoms with E-state index in [4.69, 9.17) is 14.2 Å². The zero-order valence-electron chi connectivity index (χ0n) is 26.4. The van der Waals surface area contributed by atoms with Gasteiger partial charge in [-0.15, -0.1) is 0 Å². The van der Waals surface area contributed by atoms with Crippen LogP contribution in [0.4, 0.5) is 5.69 Å². The van der Waals surface area contributed by atoms with Crippen LogP contribution in [0.15, 0.2) is 36.4 Å². The van der Waals surface area contributed by atoms with Crippen LogP contribution in [0.3, 0.4) is 0 Å². The third-order valence-electron chi connectivity index (χ3n) is 12.6. The van der Waals surface area contributed by atoms with Crippen LogP contribution in [-0.2, 0) is 33.3 Å². The Balaban J connectivity index is 0.00000368. The Morgan fingerprint density at radius 3 is 2.33 bits per heavy atom. The summed E-state index contributed by atoms with van der Waals surface area (Å²) in [5, 5.41) is 3.02. The predicted octanol–water partition coefficient (Wildman–Crippen LogP) is 4.94. The summed E-state index contributed by atoms with van der Waals surface area (Å²) in [6, 6.07) is 12.7. The summed E-state index contributed by atoms with van der Waals surface area (Å²) in [4.78, 5) is 28.8. The van der Waals surface area contributed by atoms with E-state index in [-0.39, 0.29) is 34.0 Å². The van der Waals surface area contributed by atoms with Crippen molar-refractivity contribution >= 4 is 41.5 Å². The second-order valence-electron chi connectivity index (χ2n) is 14.5. The molecule has 2 fully saturated rings. The first-order valence-electron chi connectivity index (χ1n) is 15.7. The van der Waals surface area contributed by atoms with Gasteiger partial charge in [-0.3, -0.25) is 0 Å². The molecule has 8 heteroatoms. The van der Waals surface area contributed by atoms with E-state index in [1.54, 1.807) is 0 Å². The normalized spacial score (nSPS) is 36.1. The first-order chi connectivity index (χ1) is 19.8. The van der Waals surface area contributed by atoms with E-state index in [9.17, 15) is 9.59 Å². The predicted molar refractivity (Wildman–Crippen MR) is 172 cm³/mol. The average Bonchev–Trinajstić information content (AvgIpc) is 2.95. The Morgan fingerprint density at radius 2 is 1.58 bits per heavy atom. The van der Waals surface area contributed by atoms with E-state index in [1.165, 1.54) is 22.3 Å². The standard InChI is InChI=1S/C34H45N3O3.CH3.H2O.Po/c1-30-14-5-15-31(2,27(30)12-9-21-7-10-23(35)19-25(21)30)28(39)37-29(40)33(4)17-6-16-32(3)26-20-24(38)11-8-22(26)13-18-34(32,33)36;;;/h7-8,10-11,19-20,27,38H,5-6,9,12-18,35-36H2,1-4H3,(H,37,39,40);1H3;1H2;/q;;;+1/p-1/t27-,30-,31+,32-,33-,34+;;;/m1.../s1. The number of nitrogen functional groups attached to an aromatic ring is 1. The van der Waals surface area contributed by atoms with Gasteiger partial charge in [0.2, 0.25) is 0 Å². The molecule has 4 aliphatic rings. The second-order valence-corrected chi connectivity index (χ2v) is 16.5. The fraction of sp³-hybridized carbons (Fsp3) is 0.600. The summed E-state index contributed by atoms with van der Waals surface area (Å²) in [5.74, 6) is 0.726. The van der Waals surface area contributed by atoms with Crippen molar-refractivity contribution in [3.05, 3.63) is 58.7 Å². The summed E-state index contributed by atoms with van der Waals surface area (Å²) in [6.45, 7) is 8.66. The molecular weight excluding hydrogens is 735 g/mol. The van der Waals surface area contributed by atoms with Crippen molar-refractivity contribution in [3.63, 3.8) is 0 Å². The van der Waals surface area contributed by atoms with Crippen LogP contribution in [0, 0.1) is 16.7 Å². The summed E-state index contributed by atoms with van der Waals surface area (Å²) in [7, 11) is 0. The Bertz CT molecular complexity index is 1450. The molecule has 7 N–H and O–H groups in total. The van der Waals surface area contributed by atoms with Crippen molar-refractivity contribution in [3.8, 4) is 5.75 Å². The molecule has 43 heavy (non-hydrogen) atoms. The van der Waals surface area contributed by atoms with Gasteiger partial charge < -0.3 is 11.2 Å². The van der Waals surface area contributed by atoms with E-state index < -0.39 is 40.4 Å². The number of hydrogen-bond acceptors (Lipinski definition) is 5. The van der Waals surface area contributed by atoms with E-state index in [0.29, 0.717) is 6.42 Å². The number of hydrogen-bond donors (Lipinski definition) is 3. The number of rotatable bonds is 4. The maximum atomic E-state index is 14.4. The fourth-order valence-electron chi connectivity index (χ4n) is 9.99. The van der Waals surface area contributed by atoms with Crippen molar-refractivity contribution in [2.75, 3.05) is 5.73 Å². The monoisotopic (exact) mass is 784 g/mol. The number of imide groups is 1. The molecule has 0 saturated heterocycles. The van der Waals surface area contributed by atoms with Crippen molar-refractivity contribution < 1.29 is 17.8 Å². The van der Waals surface area contributed by atoms with Crippen molar-refractivity contribution in [2.24, 2.45) is 22.5 Å². The molecule has 0 unspecified atom stereocenters. The topological polar surface area (TPSA) is 139 Å². The number of amides is 2. The molecular formula is C35H49N3O4Po. The van der Waals surface area contributed by atoms with E-state index in [0.717, 1.165) is 69.2 Å². The molecule has 234 valence electrons. The van der Waals surface area contributed by atoms with Gasteiger partial charge in [0.25, 0.3) is 0 Å². The molecule has 0 spiro atoms. The first-order valence-corrected chi connectivity index (χ1v) is 20.2. The number of carbonyl (C=O) groups is 2. The van der Waals surface area contributed by atoms with Gasteiger partial charge in [0.05, 0.1) is 0 Å². The van der Waals surface area contributed by atoms with Crippen LogP contribution in [0.25, 0.3) is 0 Å². The summed E-state index contributed by atoms with van der Waals surface area (Å²) in [5.41, 5.74) is 16.8. The van der Waals surface area contributed by atoms with Crippen LogP contribution in [0.2, 0.25) is 4.58 Å². The van der Waals surface area contributed by atoms with Gasteiger partial charge in [-0.2, -0.15) is 0 Å². The average molecular weight is 785 g/mol. The van der Waals surface area contributed by atoms with Gasteiger partial charge in [-0.1, -0.05) is 19.4 Å². The number of nitrogens with two attached hydrogens (primary N) is 2. The van der Waals surface area contributed by atoms with Crippen LogP contribution in [-0.4, -0.2) is 46.8 Å². The molecule has 0 heterocycles. The number of benzene rings is 2. The third-order valence-corrected chi connectivity index (χ3v) is 14.0. The zero-order chi connectivity index (χ0) is 30.1. The number of aryl methyl sites for hydroxylation is 2. The second kappa shape index (κ2) is 11.1. The molecule has 7 nitrogen and oxygen atoms in total. The molecule has 4 aliphatic carbocycles. The van der Waals surface area contributed by atoms with Crippen LogP contribution in [0.5, 0.6) is 5.75 Å². The van der Waals surface area contributed by atoms with Gasteiger partial charge in [-0.05, 0) is 47.9 Å². The number of nitrogens with one attached hydrogen (secondary N) is 1. The molecule has 2 amide bonds. The number of anilines is 1.